The van der Waals surface area contributed by atoms with E-state index >= 15 is 0 Å². The van der Waals surface area contributed by atoms with Gasteiger partial charge in [-0.3, -0.25) is 14.4 Å². The molecule has 0 spiro atoms. The van der Waals surface area contributed by atoms with Crippen molar-refractivity contribution in [1.29, 1.82) is 0 Å². The smallest absolute Gasteiger partial charge is 0.261 e. The van der Waals surface area contributed by atoms with E-state index in [-0.39, 0.29) is 30.6 Å². The summed E-state index contributed by atoms with van der Waals surface area (Å²) in [5.74, 6) is -0.703. The van der Waals surface area contributed by atoms with Crippen LogP contribution in [0, 0.1) is 5.92 Å². The Morgan fingerprint density at radius 2 is 1.68 bits per heavy atom. The molecule has 0 bridgehead atoms. The molecule has 0 fully saturated rings. The van der Waals surface area contributed by atoms with Crippen LogP contribution < -0.4 is 9.64 Å². The molecule has 5 heteroatoms. The second-order valence-corrected chi connectivity index (χ2v) is 6.06. The van der Waals surface area contributed by atoms with Gasteiger partial charge in [0, 0.05) is 11.6 Å². The Morgan fingerprint density at radius 3 is 2.48 bits per heavy atom. The lowest BCUT2D eigenvalue weighted by atomic mass is 9.89. The number of para-hydroxylation sites is 2. The summed E-state index contributed by atoms with van der Waals surface area (Å²) in [7, 11) is 0. The van der Waals surface area contributed by atoms with E-state index in [1.807, 2.05) is 12.1 Å². The van der Waals surface area contributed by atoms with E-state index in [1.54, 1.807) is 42.5 Å². The highest BCUT2D eigenvalue weighted by Crippen LogP contribution is 2.32. The van der Waals surface area contributed by atoms with Crippen LogP contribution in [-0.2, 0) is 9.59 Å². The summed E-state index contributed by atoms with van der Waals surface area (Å²) >= 11 is 0. The van der Waals surface area contributed by atoms with Gasteiger partial charge in [-0.15, -0.1) is 0 Å². The van der Waals surface area contributed by atoms with Gasteiger partial charge in [0.1, 0.15) is 5.75 Å². The molecule has 124 valence electrons. The minimum atomic E-state index is -0.464. The van der Waals surface area contributed by atoms with E-state index in [2.05, 4.69) is 0 Å². The van der Waals surface area contributed by atoms with Gasteiger partial charge < -0.3 is 4.74 Å². The van der Waals surface area contributed by atoms with Gasteiger partial charge in [0.25, 0.3) is 11.8 Å². The highest BCUT2D eigenvalue weighted by molar-refractivity contribution is 6.30. The van der Waals surface area contributed by atoms with E-state index in [0.29, 0.717) is 22.6 Å². The second-order valence-electron chi connectivity index (χ2n) is 6.06. The van der Waals surface area contributed by atoms with Crippen LogP contribution in [0.3, 0.4) is 0 Å². The largest absolute Gasteiger partial charge is 0.492 e. The van der Waals surface area contributed by atoms with E-state index < -0.39 is 5.92 Å². The van der Waals surface area contributed by atoms with Crippen LogP contribution in [0.25, 0.3) is 0 Å². The average molecular weight is 333 g/mol. The number of imide groups is 1. The second kappa shape index (κ2) is 6.02. The summed E-state index contributed by atoms with van der Waals surface area (Å²) in [4.78, 5) is 38.6. The minimum absolute atomic E-state index is 0.0545. The molecule has 0 saturated carbocycles. The molecule has 4 rings (SSSR count). The average Bonchev–Trinajstić information content (AvgIpc) is 2.92. The number of hydrogen-bond donors (Lipinski definition) is 0. The first kappa shape index (κ1) is 15.3. The fraction of sp³-hybridized carbons (Fsp3) is 0.150. The standard InChI is InChI=1S/C20H15NO4/c22-18-11-13(20(24)21(18)15-6-2-1-3-7-15)10-14-12-25-17-9-5-4-8-16(17)19(14)23/h1-9,11,14H,10,12H2. The molecule has 2 amide bonds. The van der Waals surface area contributed by atoms with Crippen molar-refractivity contribution >= 4 is 23.3 Å². The van der Waals surface area contributed by atoms with Crippen molar-refractivity contribution < 1.29 is 19.1 Å². The van der Waals surface area contributed by atoms with E-state index in [1.165, 1.54) is 6.08 Å². The molecule has 0 N–H and O–H groups in total. The zero-order valence-corrected chi connectivity index (χ0v) is 13.3. The molecule has 25 heavy (non-hydrogen) atoms. The maximum Gasteiger partial charge on any atom is 0.261 e. The van der Waals surface area contributed by atoms with Crippen molar-refractivity contribution in [2.24, 2.45) is 5.92 Å². The normalized spacial score (nSPS) is 19.5. The van der Waals surface area contributed by atoms with Crippen molar-refractivity contribution in [2.45, 2.75) is 6.42 Å². The quantitative estimate of drug-likeness (QED) is 0.810. The molecular formula is C20H15NO4. The summed E-state index contributed by atoms with van der Waals surface area (Å²) in [6.07, 6.45) is 1.52. The number of fused-ring (bicyclic) bond motifs is 1. The minimum Gasteiger partial charge on any atom is -0.492 e. The lowest BCUT2D eigenvalue weighted by Gasteiger charge is -2.24. The Labute approximate surface area is 144 Å². The van der Waals surface area contributed by atoms with Crippen LogP contribution in [-0.4, -0.2) is 24.2 Å². The third-order valence-electron chi connectivity index (χ3n) is 4.44. The van der Waals surface area contributed by atoms with Gasteiger partial charge in [-0.2, -0.15) is 0 Å². The molecule has 2 aromatic carbocycles. The Balaban J connectivity index is 1.54. The number of ether oxygens (including phenoxy) is 1. The van der Waals surface area contributed by atoms with E-state index in [9.17, 15) is 14.4 Å². The first-order chi connectivity index (χ1) is 12.1. The predicted octanol–water partition coefficient (Wildman–Crippen LogP) is 2.77. The molecule has 0 aliphatic carbocycles. The van der Waals surface area contributed by atoms with Crippen LogP contribution in [0.4, 0.5) is 5.69 Å². The van der Waals surface area contributed by atoms with Crippen LogP contribution in [0.1, 0.15) is 16.8 Å². The van der Waals surface area contributed by atoms with Gasteiger partial charge in [0.2, 0.25) is 0 Å². The fourth-order valence-electron chi connectivity index (χ4n) is 3.19. The summed E-state index contributed by atoms with van der Waals surface area (Å²) < 4.78 is 5.63. The Kier molecular flexibility index (Phi) is 3.69. The summed E-state index contributed by atoms with van der Waals surface area (Å²) in [5, 5.41) is 0. The molecule has 2 aliphatic rings. The van der Waals surface area contributed by atoms with Crippen molar-refractivity contribution in [3.05, 3.63) is 71.8 Å². The Hall–Kier alpha value is -3.21. The molecule has 2 aliphatic heterocycles. The van der Waals surface area contributed by atoms with Crippen LogP contribution in [0.5, 0.6) is 5.75 Å². The fourth-order valence-corrected chi connectivity index (χ4v) is 3.19. The molecule has 2 heterocycles. The maximum absolute atomic E-state index is 12.6. The van der Waals surface area contributed by atoms with E-state index in [4.69, 9.17) is 4.74 Å². The van der Waals surface area contributed by atoms with Crippen molar-refractivity contribution in [2.75, 3.05) is 11.5 Å². The molecule has 0 aromatic heterocycles. The van der Waals surface area contributed by atoms with Gasteiger partial charge in [-0.1, -0.05) is 30.3 Å². The summed E-state index contributed by atoms with van der Waals surface area (Å²) in [6.45, 7) is 0.208. The molecule has 1 atom stereocenters. The first-order valence-electron chi connectivity index (χ1n) is 8.05. The lowest BCUT2D eigenvalue weighted by molar-refractivity contribution is -0.120. The van der Waals surface area contributed by atoms with Crippen molar-refractivity contribution in [3.63, 3.8) is 0 Å². The number of amides is 2. The zero-order valence-electron chi connectivity index (χ0n) is 13.3. The van der Waals surface area contributed by atoms with Crippen molar-refractivity contribution in [1.82, 2.24) is 0 Å². The SMILES string of the molecule is O=C1c2ccccc2OCC1CC1=CC(=O)N(c2ccccc2)C1=O. The van der Waals surface area contributed by atoms with E-state index in [0.717, 1.165) is 4.90 Å². The van der Waals surface area contributed by atoms with Gasteiger partial charge in [0.15, 0.2) is 5.78 Å². The third-order valence-corrected chi connectivity index (χ3v) is 4.44. The highest BCUT2D eigenvalue weighted by Gasteiger charge is 2.36. The van der Waals surface area contributed by atoms with Crippen LogP contribution >= 0.6 is 0 Å². The van der Waals surface area contributed by atoms with Crippen LogP contribution in [0.15, 0.2) is 66.2 Å². The van der Waals surface area contributed by atoms with Gasteiger partial charge in [0.05, 0.1) is 23.8 Å². The molecular weight excluding hydrogens is 318 g/mol. The third kappa shape index (κ3) is 2.63. The topological polar surface area (TPSA) is 63.7 Å². The predicted molar refractivity (Wildman–Crippen MR) is 91.4 cm³/mol. The number of Topliss-reactive ketones (excluding diaryl/α,β-unsaturated/α-hetero) is 1. The number of nitrogens with zero attached hydrogens (tertiary/aromatic N) is 1. The number of carbonyl (C=O) groups is 3. The highest BCUT2D eigenvalue weighted by atomic mass is 16.5. The molecule has 2 aromatic rings. The Bertz CT molecular complexity index is 901. The number of benzene rings is 2. The van der Waals surface area contributed by atoms with Gasteiger partial charge in [-0.05, 0) is 30.7 Å². The molecule has 0 saturated heterocycles. The number of rotatable bonds is 3. The first-order valence-corrected chi connectivity index (χ1v) is 8.05. The number of ketones is 1. The Morgan fingerprint density at radius 1 is 0.960 bits per heavy atom. The molecule has 0 radical (unpaired) electrons. The summed E-state index contributed by atoms with van der Waals surface area (Å²) in [6, 6.07) is 15.8. The van der Waals surface area contributed by atoms with Crippen molar-refractivity contribution in [3.8, 4) is 5.75 Å². The molecule has 1 unspecified atom stereocenters. The number of anilines is 1. The maximum atomic E-state index is 12.6. The zero-order chi connectivity index (χ0) is 17.4. The van der Waals surface area contributed by atoms with Gasteiger partial charge >= 0.3 is 0 Å². The molecule has 5 nitrogen and oxygen atoms in total. The number of carbonyl (C=O) groups excluding carboxylic acids is 3. The monoisotopic (exact) mass is 333 g/mol. The number of hydrogen-bond acceptors (Lipinski definition) is 4. The summed E-state index contributed by atoms with van der Waals surface area (Å²) in [5.41, 5.74) is 1.39. The van der Waals surface area contributed by atoms with Crippen LogP contribution in [0.2, 0.25) is 0 Å². The van der Waals surface area contributed by atoms with Gasteiger partial charge in [-0.25, -0.2) is 4.90 Å². The lowest BCUT2D eigenvalue weighted by Crippen LogP contribution is -2.33.